The third kappa shape index (κ3) is 3.56. The molecule has 0 saturated carbocycles. The van der Waals surface area contributed by atoms with Crippen LogP contribution in [0.3, 0.4) is 0 Å². The summed E-state index contributed by atoms with van der Waals surface area (Å²) in [4.78, 5) is 33.4. The van der Waals surface area contributed by atoms with Crippen LogP contribution in [0.2, 0.25) is 0 Å². The van der Waals surface area contributed by atoms with Crippen molar-refractivity contribution in [1.29, 1.82) is 0 Å². The number of fused-ring (bicyclic) bond motifs is 1. The van der Waals surface area contributed by atoms with Gasteiger partial charge in [0.1, 0.15) is 10.7 Å². The Bertz CT molecular complexity index is 808. The summed E-state index contributed by atoms with van der Waals surface area (Å²) in [6.07, 6.45) is 7.09. The molecule has 0 unspecified atom stereocenters. The van der Waals surface area contributed by atoms with Crippen LogP contribution in [-0.2, 0) is 12.8 Å². The molecular formula is C18H22N4O2S. The molecule has 1 atom stereocenters. The molecule has 3 rings (SSSR count). The third-order valence-corrected chi connectivity index (χ3v) is 5.93. The van der Waals surface area contributed by atoms with Crippen molar-refractivity contribution in [3.8, 4) is 0 Å². The molecule has 132 valence electrons. The number of primary amides is 1. The number of thiophene rings is 1. The topological polar surface area (TPSA) is 98.0 Å². The van der Waals surface area contributed by atoms with Crippen LogP contribution in [0.25, 0.3) is 0 Å². The van der Waals surface area contributed by atoms with Gasteiger partial charge in [-0.2, -0.15) is 0 Å². The number of rotatable bonds is 3. The van der Waals surface area contributed by atoms with Crippen molar-refractivity contribution in [1.82, 2.24) is 9.97 Å². The van der Waals surface area contributed by atoms with Crippen LogP contribution in [-0.4, -0.2) is 21.8 Å². The van der Waals surface area contributed by atoms with E-state index in [-0.39, 0.29) is 17.0 Å². The predicted octanol–water partition coefficient (Wildman–Crippen LogP) is 3.04. The van der Waals surface area contributed by atoms with Gasteiger partial charge in [0.15, 0.2) is 0 Å². The van der Waals surface area contributed by atoms with Gasteiger partial charge < -0.3 is 11.1 Å². The van der Waals surface area contributed by atoms with E-state index in [0.29, 0.717) is 16.5 Å². The molecule has 6 nitrogen and oxygen atoms in total. The number of nitrogens with two attached hydrogens (primary N) is 1. The maximum Gasteiger partial charge on any atom is 0.276 e. The average Bonchev–Trinajstić information content (AvgIpc) is 2.91. The first-order valence-electron chi connectivity index (χ1n) is 8.29. The molecule has 0 fully saturated rings. The van der Waals surface area contributed by atoms with Crippen molar-refractivity contribution < 1.29 is 9.59 Å². The lowest BCUT2D eigenvalue weighted by Gasteiger charge is -2.33. The number of anilines is 1. The summed E-state index contributed by atoms with van der Waals surface area (Å²) in [6.45, 7) is 6.71. The largest absolute Gasteiger partial charge is 0.365 e. The molecule has 0 radical (unpaired) electrons. The summed E-state index contributed by atoms with van der Waals surface area (Å²) in [5, 5.41) is 3.31. The molecule has 1 aliphatic carbocycles. The Kier molecular flexibility index (Phi) is 4.60. The highest BCUT2D eigenvalue weighted by Gasteiger charge is 2.33. The first-order valence-corrected chi connectivity index (χ1v) is 9.10. The van der Waals surface area contributed by atoms with E-state index < -0.39 is 5.91 Å². The molecule has 1 aliphatic rings. The Morgan fingerprint density at radius 2 is 2.08 bits per heavy atom. The summed E-state index contributed by atoms with van der Waals surface area (Å²) < 4.78 is 0. The molecule has 7 heteroatoms. The van der Waals surface area contributed by atoms with E-state index in [0.717, 1.165) is 29.7 Å². The lowest BCUT2D eigenvalue weighted by molar-refractivity contribution is 0.1000. The van der Waals surface area contributed by atoms with E-state index >= 15 is 0 Å². The van der Waals surface area contributed by atoms with Crippen LogP contribution in [0.5, 0.6) is 0 Å². The molecule has 0 saturated heterocycles. The monoisotopic (exact) mass is 358 g/mol. The zero-order valence-corrected chi connectivity index (χ0v) is 15.4. The molecule has 2 heterocycles. The van der Waals surface area contributed by atoms with Crippen molar-refractivity contribution in [3.63, 3.8) is 0 Å². The minimum absolute atomic E-state index is 0.205. The third-order valence-electron chi connectivity index (χ3n) is 4.76. The van der Waals surface area contributed by atoms with Crippen LogP contribution >= 0.6 is 11.3 Å². The highest BCUT2D eigenvalue weighted by molar-refractivity contribution is 7.17. The smallest absolute Gasteiger partial charge is 0.276 e. The standard InChI is InChI=1S/C18H22N4O2S/c1-18(2,3)10-4-5-11-13(8-10)25-17(14(11)15(19)23)22-16(24)12-9-20-6-7-21-12/h6-7,9-10H,4-5,8H2,1-3H3,(H2,19,23)(H,22,24)/t10-/m1/s1. The number of nitrogens with one attached hydrogen (secondary N) is 1. The number of hydrogen-bond acceptors (Lipinski definition) is 5. The van der Waals surface area contributed by atoms with Gasteiger partial charge in [-0.05, 0) is 36.2 Å². The molecule has 25 heavy (non-hydrogen) atoms. The molecule has 2 aromatic rings. The number of hydrogen-bond donors (Lipinski definition) is 2. The minimum atomic E-state index is -0.499. The van der Waals surface area contributed by atoms with Gasteiger partial charge in [-0.3, -0.25) is 14.6 Å². The summed E-state index contributed by atoms with van der Waals surface area (Å²) in [6, 6.07) is 0. The zero-order valence-electron chi connectivity index (χ0n) is 14.6. The Hall–Kier alpha value is -2.28. The minimum Gasteiger partial charge on any atom is -0.365 e. The Morgan fingerprint density at radius 1 is 1.32 bits per heavy atom. The van der Waals surface area contributed by atoms with Crippen LogP contribution in [0.1, 0.15) is 58.5 Å². The SMILES string of the molecule is CC(C)(C)[C@@H]1CCc2c(sc(NC(=O)c3cnccn3)c2C(N)=O)C1. The van der Waals surface area contributed by atoms with E-state index in [1.807, 2.05) is 0 Å². The first kappa shape index (κ1) is 17.5. The lowest BCUT2D eigenvalue weighted by atomic mass is 9.72. The van der Waals surface area contributed by atoms with Gasteiger partial charge in [0.2, 0.25) is 0 Å². The van der Waals surface area contributed by atoms with E-state index in [1.165, 1.54) is 29.9 Å². The molecule has 3 N–H and O–H groups in total. The van der Waals surface area contributed by atoms with Crippen molar-refractivity contribution >= 4 is 28.2 Å². The number of amides is 2. The summed E-state index contributed by atoms with van der Waals surface area (Å²) in [7, 11) is 0. The Labute approximate surface area is 150 Å². The molecule has 0 aliphatic heterocycles. The maximum atomic E-state index is 12.4. The molecule has 0 spiro atoms. The van der Waals surface area contributed by atoms with Crippen molar-refractivity contribution in [2.45, 2.75) is 40.0 Å². The molecule has 2 aromatic heterocycles. The Balaban J connectivity index is 1.92. The van der Waals surface area contributed by atoms with Gasteiger partial charge in [-0.25, -0.2) is 4.98 Å². The van der Waals surface area contributed by atoms with Gasteiger partial charge in [0, 0.05) is 17.3 Å². The van der Waals surface area contributed by atoms with Gasteiger partial charge in [-0.15, -0.1) is 11.3 Å². The molecule has 2 amide bonds. The van der Waals surface area contributed by atoms with E-state index in [9.17, 15) is 9.59 Å². The molecule has 0 bridgehead atoms. The zero-order chi connectivity index (χ0) is 18.2. The second-order valence-corrected chi connectivity index (χ2v) is 8.53. The number of nitrogens with zero attached hydrogens (tertiary/aromatic N) is 2. The fourth-order valence-electron chi connectivity index (χ4n) is 3.26. The first-order chi connectivity index (χ1) is 11.8. The van der Waals surface area contributed by atoms with E-state index in [2.05, 4.69) is 36.1 Å². The van der Waals surface area contributed by atoms with Gasteiger partial charge in [-0.1, -0.05) is 20.8 Å². The van der Waals surface area contributed by atoms with Crippen LogP contribution in [0.4, 0.5) is 5.00 Å². The van der Waals surface area contributed by atoms with E-state index in [1.54, 1.807) is 0 Å². The predicted molar refractivity (Wildman–Crippen MR) is 97.8 cm³/mol. The quantitative estimate of drug-likeness (QED) is 0.881. The highest BCUT2D eigenvalue weighted by Crippen LogP contribution is 2.44. The van der Waals surface area contributed by atoms with Crippen LogP contribution in [0.15, 0.2) is 18.6 Å². The van der Waals surface area contributed by atoms with Crippen LogP contribution < -0.4 is 11.1 Å². The fraction of sp³-hybridized carbons (Fsp3) is 0.444. The van der Waals surface area contributed by atoms with Crippen molar-refractivity contribution in [2.24, 2.45) is 17.1 Å². The second kappa shape index (κ2) is 6.55. The van der Waals surface area contributed by atoms with Gasteiger partial charge >= 0.3 is 0 Å². The highest BCUT2D eigenvalue weighted by atomic mass is 32.1. The van der Waals surface area contributed by atoms with Crippen molar-refractivity contribution in [3.05, 3.63) is 40.3 Å². The number of aromatic nitrogens is 2. The average molecular weight is 358 g/mol. The van der Waals surface area contributed by atoms with Gasteiger partial charge in [0.05, 0.1) is 11.8 Å². The van der Waals surface area contributed by atoms with E-state index in [4.69, 9.17) is 5.73 Å². The summed E-state index contributed by atoms with van der Waals surface area (Å²) in [5.41, 5.74) is 7.46. The summed E-state index contributed by atoms with van der Waals surface area (Å²) >= 11 is 1.45. The normalized spacial score (nSPS) is 17.0. The van der Waals surface area contributed by atoms with Gasteiger partial charge in [0.25, 0.3) is 11.8 Å². The summed E-state index contributed by atoms with van der Waals surface area (Å²) in [5.74, 6) is -0.342. The fourth-order valence-corrected chi connectivity index (χ4v) is 4.59. The number of carbonyl (C=O) groups is 2. The Morgan fingerprint density at radius 3 is 2.68 bits per heavy atom. The number of carbonyl (C=O) groups excluding carboxylic acids is 2. The maximum absolute atomic E-state index is 12.4. The lowest BCUT2D eigenvalue weighted by Crippen LogP contribution is -2.27. The van der Waals surface area contributed by atoms with Crippen molar-refractivity contribution in [2.75, 3.05) is 5.32 Å². The molecule has 0 aromatic carbocycles. The second-order valence-electron chi connectivity index (χ2n) is 7.42. The van der Waals surface area contributed by atoms with Crippen LogP contribution in [0, 0.1) is 11.3 Å². The molecular weight excluding hydrogens is 336 g/mol.